The second-order valence-electron chi connectivity index (χ2n) is 4.39. The molecule has 1 rings (SSSR count). The van der Waals surface area contributed by atoms with E-state index < -0.39 is 11.9 Å². The zero-order valence-corrected chi connectivity index (χ0v) is 11.3. The number of rotatable bonds is 7. The highest BCUT2D eigenvalue weighted by Gasteiger charge is 2.18. The van der Waals surface area contributed by atoms with Gasteiger partial charge in [-0.3, -0.25) is 9.59 Å². The van der Waals surface area contributed by atoms with Crippen LogP contribution >= 0.6 is 0 Å². The van der Waals surface area contributed by atoms with Gasteiger partial charge < -0.3 is 15.3 Å². The van der Waals surface area contributed by atoms with Crippen molar-refractivity contribution in [3.63, 3.8) is 0 Å². The topological polar surface area (TPSA) is 69.6 Å². The fourth-order valence-electron chi connectivity index (χ4n) is 1.66. The smallest absolute Gasteiger partial charge is 0.308 e. The van der Waals surface area contributed by atoms with Crippen molar-refractivity contribution in [2.45, 2.75) is 13.8 Å². The van der Waals surface area contributed by atoms with Gasteiger partial charge in [-0.1, -0.05) is 25.1 Å². The van der Waals surface area contributed by atoms with Gasteiger partial charge in [-0.25, -0.2) is 0 Å². The second-order valence-corrected chi connectivity index (χ2v) is 4.39. The normalized spacial score (nSPS) is 11.7. The van der Waals surface area contributed by atoms with Crippen LogP contribution in [0.3, 0.4) is 0 Å². The molecule has 0 saturated carbocycles. The highest BCUT2D eigenvalue weighted by molar-refractivity contribution is 5.81. The molecule has 0 spiro atoms. The van der Waals surface area contributed by atoms with Crippen LogP contribution in [-0.4, -0.2) is 41.5 Å². The fraction of sp³-hybridized carbons (Fsp3) is 0.429. The monoisotopic (exact) mass is 264 g/mol. The first-order valence-electron chi connectivity index (χ1n) is 6.34. The molecule has 1 unspecified atom stereocenters. The van der Waals surface area contributed by atoms with Crippen LogP contribution in [0.1, 0.15) is 13.8 Å². The predicted molar refractivity (Wildman–Crippen MR) is 74.0 cm³/mol. The van der Waals surface area contributed by atoms with E-state index in [1.54, 1.807) is 11.8 Å². The lowest BCUT2D eigenvalue weighted by atomic mass is 10.1. The standard InChI is InChI=1S/C14H20N2O3/c1-3-16(10-11(2)14(18)19)13(17)9-15-12-7-5-4-6-8-12/h4-8,11,15H,3,9-10H2,1-2H3,(H,18,19). The summed E-state index contributed by atoms with van der Waals surface area (Å²) in [4.78, 5) is 24.3. The van der Waals surface area contributed by atoms with Crippen LogP contribution in [0.25, 0.3) is 0 Å². The number of carbonyl (C=O) groups is 2. The summed E-state index contributed by atoms with van der Waals surface area (Å²) in [6.45, 7) is 4.36. The highest BCUT2D eigenvalue weighted by Crippen LogP contribution is 2.05. The minimum absolute atomic E-state index is 0.0977. The Morgan fingerprint density at radius 1 is 1.32 bits per heavy atom. The van der Waals surface area contributed by atoms with Crippen LogP contribution in [0.2, 0.25) is 0 Å². The maximum absolute atomic E-state index is 12.0. The molecule has 0 aromatic heterocycles. The maximum atomic E-state index is 12.0. The molecule has 5 heteroatoms. The van der Waals surface area contributed by atoms with Crippen molar-refractivity contribution in [3.8, 4) is 0 Å². The maximum Gasteiger partial charge on any atom is 0.308 e. The Labute approximate surface area is 113 Å². The van der Waals surface area contributed by atoms with Gasteiger partial charge in [0.25, 0.3) is 0 Å². The van der Waals surface area contributed by atoms with Gasteiger partial charge in [-0.2, -0.15) is 0 Å². The molecule has 1 aromatic carbocycles. The summed E-state index contributed by atoms with van der Waals surface area (Å²) in [5, 5.41) is 11.9. The van der Waals surface area contributed by atoms with Gasteiger partial charge in [0, 0.05) is 18.8 Å². The molecule has 1 aromatic rings. The van der Waals surface area contributed by atoms with Gasteiger partial charge in [0.05, 0.1) is 12.5 Å². The number of carboxylic acids is 1. The van der Waals surface area contributed by atoms with Gasteiger partial charge >= 0.3 is 5.97 Å². The Hall–Kier alpha value is -2.04. The van der Waals surface area contributed by atoms with Crippen molar-refractivity contribution < 1.29 is 14.7 Å². The molecule has 0 aliphatic heterocycles. The first-order chi connectivity index (χ1) is 9.04. The highest BCUT2D eigenvalue weighted by atomic mass is 16.4. The predicted octanol–water partition coefficient (Wildman–Crippen LogP) is 1.67. The van der Waals surface area contributed by atoms with E-state index in [2.05, 4.69) is 5.32 Å². The summed E-state index contributed by atoms with van der Waals surface area (Å²) < 4.78 is 0. The summed E-state index contributed by atoms with van der Waals surface area (Å²) in [5.74, 6) is -1.54. The molecule has 0 radical (unpaired) electrons. The zero-order chi connectivity index (χ0) is 14.3. The van der Waals surface area contributed by atoms with E-state index >= 15 is 0 Å². The molecular formula is C14H20N2O3. The van der Waals surface area contributed by atoms with Gasteiger partial charge in [-0.15, -0.1) is 0 Å². The van der Waals surface area contributed by atoms with Crippen LogP contribution in [0.15, 0.2) is 30.3 Å². The number of benzene rings is 1. The molecule has 2 N–H and O–H groups in total. The molecule has 0 aliphatic carbocycles. The number of hydrogen-bond donors (Lipinski definition) is 2. The fourth-order valence-corrected chi connectivity index (χ4v) is 1.66. The van der Waals surface area contributed by atoms with E-state index in [0.717, 1.165) is 5.69 Å². The van der Waals surface area contributed by atoms with Crippen molar-refractivity contribution >= 4 is 17.6 Å². The Bertz CT molecular complexity index is 420. The molecule has 0 fully saturated rings. The summed E-state index contributed by atoms with van der Waals surface area (Å²) in [6.07, 6.45) is 0. The molecular weight excluding hydrogens is 244 g/mol. The average Bonchev–Trinajstić information content (AvgIpc) is 2.42. The Balaban J connectivity index is 2.48. The number of likely N-dealkylation sites (N-methyl/N-ethyl adjacent to an activating group) is 1. The van der Waals surface area contributed by atoms with Gasteiger partial charge in [0.1, 0.15) is 0 Å². The third-order valence-electron chi connectivity index (χ3n) is 2.87. The van der Waals surface area contributed by atoms with Crippen molar-refractivity contribution in [1.29, 1.82) is 0 Å². The zero-order valence-electron chi connectivity index (χ0n) is 11.3. The van der Waals surface area contributed by atoms with Crippen molar-refractivity contribution in [3.05, 3.63) is 30.3 Å². The lowest BCUT2D eigenvalue weighted by molar-refractivity contribution is -0.142. The SMILES string of the molecule is CCN(CC(C)C(=O)O)C(=O)CNc1ccccc1. The number of nitrogens with one attached hydrogen (secondary N) is 1. The van der Waals surface area contributed by atoms with Gasteiger partial charge in [0.2, 0.25) is 5.91 Å². The number of anilines is 1. The third-order valence-corrected chi connectivity index (χ3v) is 2.87. The molecule has 0 saturated heterocycles. The van der Waals surface area contributed by atoms with E-state index in [-0.39, 0.29) is 19.0 Å². The molecule has 5 nitrogen and oxygen atoms in total. The van der Waals surface area contributed by atoms with Crippen LogP contribution in [0.4, 0.5) is 5.69 Å². The van der Waals surface area contributed by atoms with Crippen LogP contribution in [0.5, 0.6) is 0 Å². The summed E-state index contributed by atoms with van der Waals surface area (Å²) >= 11 is 0. The second kappa shape index (κ2) is 7.41. The van der Waals surface area contributed by atoms with Crippen LogP contribution in [0, 0.1) is 5.92 Å². The van der Waals surface area contributed by atoms with Crippen molar-refractivity contribution in [2.24, 2.45) is 5.92 Å². The quantitative estimate of drug-likeness (QED) is 0.786. The molecule has 104 valence electrons. The van der Waals surface area contributed by atoms with Crippen LogP contribution < -0.4 is 5.32 Å². The minimum atomic E-state index is -0.887. The number of nitrogens with zero attached hydrogens (tertiary/aromatic N) is 1. The molecule has 0 heterocycles. The minimum Gasteiger partial charge on any atom is -0.481 e. The number of carboxylic acid groups (broad SMARTS) is 1. The Morgan fingerprint density at radius 3 is 2.47 bits per heavy atom. The van der Waals surface area contributed by atoms with Gasteiger partial charge in [-0.05, 0) is 19.1 Å². The summed E-state index contributed by atoms with van der Waals surface area (Å²) in [7, 11) is 0. The largest absolute Gasteiger partial charge is 0.481 e. The summed E-state index contributed by atoms with van der Waals surface area (Å²) in [5.41, 5.74) is 0.873. The Morgan fingerprint density at radius 2 is 1.95 bits per heavy atom. The van der Waals surface area contributed by atoms with E-state index in [0.29, 0.717) is 6.54 Å². The lowest BCUT2D eigenvalue weighted by Gasteiger charge is -2.23. The molecule has 0 aliphatic rings. The summed E-state index contributed by atoms with van der Waals surface area (Å²) in [6, 6.07) is 9.43. The number of amides is 1. The number of carbonyl (C=O) groups excluding carboxylic acids is 1. The first-order valence-corrected chi connectivity index (χ1v) is 6.34. The van der Waals surface area contributed by atoms with E-state index in [1.165, 1.54) is 0 Å². The van der Waals surface area contributed by atoms with E-state index in [1.807, 2.05) is 37.3 Å². The van der Waals surface area contributed by atoms with E-state index in [9.17, 15) is 9.59 Å². The van der Waals surface area contributed by atoms with Gasteiger partial charge in [0.15, 0.2) is 0 Å². The average molecular weight is 264 g/mol. The lowest BCUT2D eigenvalue weighted by Crippen LogP contribution is -2.39. The number of aliphatic carboxylic acids is 1. The third kappa shape index (κ3) is 4.99. The molecule has 0 bridgehead atoms. The molecule has 1 atom stereocenters. The number of para-hydroxylation sites is 1. The van der Waals surface area contributed by atoms with E-state index in [4.69, 9.17) is 5.11 Å². The molecule has 1 amide bonds. The van der Waals surface area contributed by atoms with Crippen molar-refractivity contribution in [2.75, 3.05) is 25.0 Å². The Kier molecular flexibility index (Phi) is 5.85. The first kappa shape index (κ1) is 15.0. The number of hydrogen-bond acceptors (Lipinski definition) is 3. The molecule has 19 heavy (non-hydrogen) atoms. The van der Waals surface area contributed by atoms with Crippen LogP contribution in [-0.2, 0) is 9.59 Å². The van der Waals surface area contributed by atoms with Crippen molar-refractivity contribution in [1.82, 2.24) is 4.90 Å².